The van der Waals surface area contributed by atoms with E-state index < -0.39 is 0 Å². The molecule has 0 fully saturated rings. The van der Waals surface area contributed by atoms with E-state index in [9.17, 15) is 0 Å². The molecule has 1 aromatic rings. The Kier molecular flexibility index (Phi) is 6.71. The minimum Gasteiger partial charge on any atom is -0.497 e. The van der Waals surface area contributed by atoms with Crippen molar-refractivity contribution < 1.29 is 9.47 Å². The largest absolute Gasteiger partial charge is 0.497 e. The van der Waals surface area contributed by atoms with Gasteiger partial charge in [0.25, 0.3) is 0 Å². The highest BCUT2D eigenvalue weighted by Gasteiger charge is 2.05. The Labute approximate surface area is 117 Å². The van der Waals surface area contributed by atoms with Crippen LogP contribution >= 0.6 is 0 Å². The van der Waals surface area contributed by atoms with Crippen LogP contribution in [0.5, 0.6) is 11.5 Å². The summed E-state index contributed by atoms with van der Waals surface area (Å²) in [5.41, 5.74) is 1.19. The molecule has 0 saturated carbocycles. The van der Waals surface area contributed by atoms with E-state index in [-0.39, 0.29) is 0 Å². The number of hydrogen-bond donors (Lipinski definition) is 1. The van der Waals surface area contributed by atoms with Crippen molar-refractivity contribution in [2.24, 2.45) is 5.92 Å². The van der Waals surface area contributed by atoms with Gasteiger partial charge in [-0.25, -0.2) is 0 Å². The predicted octanol–water partition coefficient (Wildman–Crippen LogP) is 3.62. The van der Waals surface area contributed by atoms with Crippen LogP contribution in [0.3, 0.4) is 0 Å². The lowest BCUT2D eigenvalue weighted by molar-refractivity contribution is 0.392. The Morgan fingerprint density at radius 3 is 2.00 bits per heavy atom. The first-order valence-electron chi connectivity index (χ1n) is 7.00. The average Bonchev–Trinajstić information content (AvgIpc) is 2.42. The molecule has 3 heteroatoms. The molecule has 3 nitrogen and oxygen atoms in total. The molecule has 1 aromatic carbocycles. The quantitative estimate of drug-likeness (QED) is 0.778. The molecule has 0 amide bonds. The topological polar surface area (TPSA) is 30.5 Å². The van der Waals surface area contributed by atoms with Gasteiger partial charge < -0.3 is 14.8 Å². The molecule has 0 aromatic heterocycles. The Bertz CT molecular complexity index is 355. The van der Waals surface area contributed by atoms with E-state index in [4.69, 9.17) is 9.47 Å². The van der Waals surface area contributed by atoms with E-state index in [0.717, 1.165) is 24.0 Å². The lowest BCUT2D eigenvalue weighted by atomic mass is 10.0. The smallest absolute Gasteiger partial charge is 0.122 e. The van der Waals surface area contributed by atoms with Crippen LogP contribution < -0.4 is 14.8 Å². The van der Waals surface area contributed by atoms with Crippen LogP contribution in [0.2, 0.25) is 0 Å². The zero-order valence-corrected chi connectivity index (χ0v) is 12.8. The molecule has 0 radical (unpaired) electrons. The third-order valence-electron chi connectivity index (χ3n) is 3.24. The first kappa shape index (κ1) is 15.8. The molecule has 0 bridgehead atoms. The predicted molar refractivity (Wildman–Crippen MR) is 79.9 cm³/mol. The Balaban J connectivity index is 2.52. The van der Waals surface area contributed by atoms with Crippen LogP contribution in [0.15, 0.2) is 18.2 Å². The third-order valence-corrected chi connectivity index (χ3v) is 3.24. The lowest BCUT2D eigenvalue weighted by Crippen LogP contribution is -2.25. The van der Waals surface area contributed by atoms with Crippen molar-refractivity contribution in [1.82, 2.24) is 5.32 Å². The van der Waals surface area contributed by atoms with Gasteiger partial charge in [-0.15, -0.1) is 0 Å². The van der Waals surface area contributed by atoms with E-state index >= 15 is 0 Å². The second kappa shape index (κ2) is 8.05. The van der Waals surface area contributed by atoms with Gasteiger partial charge in [0.05, 0.1) is 14.2 Å². The summed E-state index contributed by atoms with van der Waals surface area (Å²) in [4.78, 5) is 0. The normalized spacial score (nSPS) is 12.5. The van der Waals surface area contributed by atoms with Crippen molar-refractivity contribution in [2.75, 3.05) is 14.2 Å². The van der Waals surface area contributed by atoms with Crippen LogP contribution in [-0.2, 0) is 6.54 Å². The van der Waals surface area contributed by atoms with Crippen LogP contribution in [0.4, 0.5) is 0 Å². The molecule has 0 aliphatic rings. The fraction of sp³-hybridized carbons (Fsp3) is 0.625. The molecular formula is C16H27NO2. The number of methoxy groups -OCH3 is 2. The summed E-state index contributed by atoms with van der Waals surface area (Å²) < 4.78 is 10.6. The van der Waals surface area contributed by atoms with Crippen molar-refractivity contribution in [3.05, 3.63) is 23.8 Å². The highest BCUT2D eigenvalue weighted by Crippen LogP contribution is 2.22. The van der Waals surface area contributed by atoms with Gasteiger partial charge in [0.2, 0.25) is 0 Å². The molecule has 1 rings (SSSR count). The molecular weight excluding hydrogens is 238 g/mol. The average molecular weight is 265 g/mol. The summed E-state index contributed by atoms with van der Waals surface area (Å²) >= 11 is 0. The summed E-state index contributed by atoms with van der Waals surface area (Å²) in [6.07, 6.45) is 2.47. The number of hydrogen-bond acceptors (Lipinski definition) is 3. The second-order valence-electron chi connectivity index (χ2n) is 5.47. The van der Waals surface area contributed by atoms with Crippen LogP contribution in [0, 0.1) is 5.92 Å². The Hall–Kier alpha value is -1.22. The Morgan fingerprint density at radius 2 is 1.53 bits per heavy atom. The van der Waals surface area contributed by atoms with Crippen molar-refractivity contribution >= 4 is 0 Å². The number of ether oxygens (including phenoxy) is 2. The van der Waals surface area contributed by atoms with Crippen molar-refractivity contribution in [2.45, 2.75) is 46.2 Å². The second-order valence-corrected chi connectivity index (χ2v) is 5.47. The minimum atomic E-state index is 0.527. The van der Waals surface area contributed by atoms with E-state index in [1.807, 2.05) is 18.2 Å². The van der Waals surface area contributed by atoms with Crippen molar-refractivity contribution in [3.8, 4) is 11.5 Å². The molecule has 19 heavy (non-hydrogen) atoms. The standard InChI is InChI=1S/C16H27NO2/c1-12(2)6-7-13(3)17-11-14-8-15(18-4)10-16(9-14)19-5/h8-10,12-13,17H,6-7,11H2,1-5H3. The SMILES string of the molecule is COc1cc(CNC(C)CCC(C)C)cc(OC)c1. The van der Waals surface area contributed by atoms with Crippen LogP contribution in [0.25, 0.3) is 0 Å². The maximum atomic E-state index is 5.28. The lowest BCUT2D eigenvalue weighted by Gasteiger charge is -2.16. The molecule has 108 valence electrons. The van der Waals surface area contributed by atoms with Crippen LogP contribution in [0.1, 0.15) is 39.2 Å². The van der Waals surface area contributed by atoms with Gasteiger partial charge in [-0.3, -0.25) is 0 Å². The summed E-state index contributed by atoms with van der Waals surface area (Å²) in [7, 11) is 3.36. The van der Waals surface area contributed by atoms with Crippen molar-refractivity contribution in [1.29, 1.82) is 0 Å². The third kappa shape index (κ3) is 5.97. The molecule has 0 spiro atoms. The molecule has 1 N–H and O–H groups in total. The number of nitrogens with one attached hydrogen (secondary N) is 1. The highest BCUT2D eigenvalue weighted by atomic mass is 16.5. The number of benzene rings is 1. The zero-order valence-electron chi connectivity index (χ0n) is 12.8. The number of rotatable bonds is 8. The van der Waals surface area contributed by atoms with E-state index in [1.165, 1.54) is 18.4 Å². The maximum Gasteiger partial charge on any atom is 0.122 e. The molecule has 0 aliphatic heterocycles. The van der Waals surface area contributed by atoms with Gasteiger partial charge in [-0.2, -0.15) is 0 Å². The van der Waals surface area contributed by atoms with E-state index in [2.05, 4.69) is 26.1 Å². The highest BCUT2D eigenvalue weighted by molar-refractivity contribution is 5.38. The van der Waals surface area contributed by atoms with Gasteiger partial charge in [0.1, 0.15) is 11.5 Å². The summed E-state index contributed by atoms with van der Waals surface area (Å²) in [6, 6.07) is 6.51. The van der Waals surface area contributed by atoms with E-state index in [0.29, 0.717) is 6.04 Å². The summed E-state index contributed by atoms with van der Waals surface area (Å²) in [6.45, 7) is 7.60. The first-order valence-corrected chi connectivity index (χ1v) is 7.00. The fourth-order valence-electron chi connectivity index (χ4n) is 1.95. The molecule has 0 saturated heterocycles. The van der Waals surface area contributed by atoms with Gasteiger partial charge in [0, 0.05) is 18.7 Å². The Morgan fingerprint density at radius 1 is 0.947 bits per heavy atom. The van der Waals surface area contributed by atoms with Gasteiger partial charge in [-0.1, -0.05) is 13.8 Å². The van der Waals surface area contributed by atoms with Crippen LogP contribution in [-0.4, -0.2) is 20.3 Å². The summed E-state index contributed by atoms with van der Waals surface area (Å²) in [5, 5.41) is 3.55. The molecule has 0 heterocycles. The van der Waals surface area contributed by atoms with Gasteiger partial charge >= 0.3 is 0 Å². The fourth-order valence-corrected chi connectivity index (χ4v) is 1.95. The molecule has 1 atom stereocenters. The minimum absolute atomic E-state index is 0.527. The zero-order chi connectivity index (χ0) is 14.3. The maximum absolute atomic E-state index is 5.28. The molecule has 0 aliphatic carbocycles. The molecule has 1 unspecified atom stereocenters. The van der Waals surface area contributed by atoms with E-state index in [1.54, 1.807) is 14.2 Å². The van der Waals surface area contributed by atoms with Gasteiger partial charge in [-0.05, 0) is 43.4 Å². The first-order chi connectivity index (χ1) is 9.05. The monoisotopic (exact) mass is 265 g/mol. The summed E-state index contributed by atoms with van der Waals surface area (Å²) in [5.74, 6) is 2.44. The van der Waals surface area contributed by atoms with Gasteiger partial charge in [0.15, 0.2) is 0 Å². The van der Waals surface area contributed by atoms with Crippen molar-refractivity contribution in [3.63, 3.8) is 0 Å².